The van der Waals surface area contributed by atoms with Gasteiger partial charge in [-0.25, -0.2) is 0 Å². The highest BCUT2D eigenvalue weighted by Gasteiger charge is 2.48. The lowest BCUT2D eigenvalue weighted by Crippen LogP contribution is -2.49. The predicted molar refractivity (Wildman–Crippen MR) is 80.5 cm³/mol. The number of nitrogens with one attached hydrogen (secondary N) is 1. The van der Waals surface area contributed by atoms with Crippen LogP contribution in [0.2, 0.25) is 0 Å². The molecule has 0 radical (unpaired) electrons. The largest absolute Gasteiger partial charge is 0.469 e. The number of nitriles is 1. The fourth-order valence-corrected chi connectivity index (χ4v) is 3.19. The van der Waals surface area contributed by atoms with Crippen LogP contribution >= 0.6 is 0 Å². The molecule has 1 aliphatic rings. The van der Waals surface area contributed by atoms with Crippen LogP contribution in [0.15, 0.2) is 30.3 Å². The smallest absolute Gasteiger partial charge is 0.314 e. The van der Waals surface area contributed by atoms with Gasteiger partial charge in [-0.1, -0.05) is 43.2 Å². The van der Waals surface area contributed by atoms with E-state index < -0.39 is 11.5 Å². The van der Waals surface area contributed by atoms with Crippen LogP contribution in [0, 0.1) is 16.7 Å². The van der Waals surface area contributed by atoms with E-state index in [1.54, 1.807) is 0 Å². The zero-order valence-corrected chi connectivity index (χ0v) is 12.5. The fraction of sp³-hybridized carbons (Fsp3) is 0.529. The van der Waals surface area contributed by atoms with Crippen molar-refractivity contribution in [2.45, 2.75) is 38.1 Å². The zero-order valence-electron chi connectivity index (χ0n) is 12.5. The van der Waals surface area contributed by atoms with Crippen LogP contribution in [0.5, 0.6) is 0 Å². The molecule has 4 nitrogen and oxygen atoms in total. The molecule has 0 spiro atoms. The van der Waals surface area contributed by atoms with E-state index in [-0.39, 0.29) is 5.97 Å². The van der Waals surface area contributed by atoms with Crippen molar-refractivity contribution in [3.63, 3.8) is 0 Å². The monoisotopic (exact) mass is 286 g/mol. The highest BCUT2D eigenvalue weighted by Crippen LogP contribution is 2.42. The van der Waals surface area contributed by atoms with Gasteiger partial charge in [0.05, 0.1) is 18.6 Å². The van der Waals surface area contributed by atoms with Crippen molar-refractivity contribution in [3.8, 4) is 6.07 Å². The van der Waals surface area contributed by atoms with E-state index in [2.05, 4.69) is 23.5 Å². The lowest BCUT2D eigenvalue weighted by Gasteiger charge is -2.31. The number of nitrogens with zero attached hydrogens (tertiary/aromatic N) is 1. The van der Waals surface area contributed by atoms with Gasteiger partial charge in [0.1, 0.15) is 6.04 Å². The minimum Gasteiger partial charge on any atom is -0.469 e. The Hall–Kier alpha value is -1.86. The minimum absolute atomic E-state index is 0.251. The fourth-order valence-electron chi connectivity index (χ4n) is 3.19. The summed E-state index contributed by atoms with van der Waals surface area (Å²) in [4.78, 5) is 12.2. The Bertz CT molecular complexity index is 501. The zero-order chi connectivity index (χ0) is 15.1. The number of esters is 1. The molecule has 112 valence electrons. The van der Waals surface area contributed by atoms with Crippen LogP contribution in [-0.4, -0.2) is 25.7 Å². The molecule has 0 aromatic heterocycles. The van der Waals surface area contributed by atoms with Gasteiger partial charge in [0.2, 0.25) is 0 Å². The SMILES string of the molecule is COC(=O)C1([C@@H](C#N)NCCc2ccccc2)CCCC1. The Balaban J connectivity index is 1.98. The lowest BCUT2D eigenvalue weighted by molar-refractivity contribution is -0.153. The van der Waals surface area contributed by atoms with Crippen molar-refractivity contribution in [2.75, 3.05) is 13.7 Å². The van der Waals surface area contributed by atoms with Gasteiger partial charge in [0.25, 0.3) is 0 Å². The number of carbonyl (C=O) groups is 1. The van der Waals surface area contributed by atoms with Crippen molar-refractivity contribution < 1.29 is 9.53 Å². The molecular formula is C17H22N2O2. The van der Waals surface area contributed by atoms with E-state index in [0.29, 0.717) is 6.54 Å². The van der Waals surface area contributed by atoms with Gasteiger partial charge < -0.3 is 10.1 Å². The minimum atomic E-state index is -0.666. The molecule has 2 rings (SSSR count). The summed E-state index contributed by atoms with van der Waals surface area (Å²) >= 11 is 0. The van der Waals surface area contributed by atoms with Crippen LogP contribution in [0.4, 0.5) is 0 Å². The highest BCUT2D eigenvalue weighted by molar-refractivity contribution is 5.78. The molecule has 1 fully saturated rings. The molecule has 0 amide bonds. The maximum atomic E-state index is 12.2. The van der Waals surface area contributed by atoms with Crippen LogP contribution in [0.25, 0.3) is 0 Å². The number of rotatable bonds is 6. The van der Waals surface area contributed by atoms with Crippen LogP contribution in [0.3, 0.4) is 0 Å². The van der Waals surface area contributed by atoms with Gasteiger partial charge in [0, 0.05) is 6.54 Å². The van der Waals surface area contributed by atoms with E-state index in [4.69, 9.17) is 4.74 Å². The Kier molecular flexibility index (Phi) is 5.35. The predicted octanol–water partition coefficient (Wildman–Crippen LogP) is 2.44. The maximum Gasteiger partial charge on any atom is 0.314 e. The first-order valence-corrected chi connectivity index (χ1v) is 7.48. The molecule has 1 aliphatic carbocycles. The third-order valence-corrected chi connectivity index (χ3v) is 4.37. The summed E-state index contributed by atoms with van der Waals surface area (Å²) in [5.74, 6) is -0.251. The number of methoxy groups -OCH3 is 1. The molecule has 0 bridgehead atoms. The van der Waals surface area contributed by atoms with Gasteiger partial charge in [-0.05, 0) is 24.8 Å². The average molecular weight is 286 g/mol. The molecule has 1 aromatic carbocycles. The number of hydrogen-bond donors (Lipinski definition) is 1. The molecule has 1 saturated carbocycles. The first-order chi connectivity index (χ1) is 10.2. The lowest BCUT2D eigenvalue weighted by atomic mass is 9.79. The van der Waals surface area contributed by atoms with Crippen molar-refractivity contribution >= 4 is 5.97 Å². The second-order valence-electron chi connectivity index (χ2n) is 5.61. The number of carbonyl (C=O) groups excluding carboxylic acids is 1. The molecule has 0 aliphatic heterocycles. The van der Waals surface area contributed by atoms with Gasteiger partial charge in [-0.15, -0.1) is 0 Å². The summed E-state index contributed by atoms with van der Waals surface area (Å²) in [5.41, 5.74) is 0.556. The van der Waals surface area contributed by atoms with Gasteiger partial charge >= 0.3 is 5.97 Å². The maximum absolute atomic E-state index is 12.2. The summed E-state index contributed by atoms with van der Waals surface area (Å²) in [7, 11) is 1.40. The molecule has 21 heavy (non-hydrogen) atoms. The molecule has 1 aromatic rings. The molecule has 1 atom stereocenters. The first kappa shape index (κ1) is 15.5. The van der Waals surface area contributed by atoms with E-state index in [1.165, 1.54) is 12.7 Å². The average Bonchev–Trinajstić information content (AvgIpc) is 3.02. The molecule has 4 heteroatoms. The Labute approximate surface area is 126 Å². The number of benzene rings is 1. The third-order valence-electron chi connectivity index (χ3n) is 4.37. The normalized spacial score (nSPS) is 17.9. The topological polar surface area (TPSA) is 62.1 Å². The van der Waals surface area contributed by atoms with E-state index in [0.717, 1.165) is 32.1 Å². The summed E-state index contributed by atoms with van der Waals surface area (Å²) in [6.45, 7) is 0.682. The number of hydrogen-bond acceptors (Lipinski definition) is 4. The first-order valence-electron chi connectivity index (χ1n) is 7.48. The Morgan fingerprint density at radius 1 is 1.38 bits per heavy atom. The Morgan fingerprint density at radius 3 is 2.62 bits per heavy atom. The van der Waals surface area contributed by atoms with Crippen molar-refractivity contribution in [1.29, 1.82) is 5.26 Å². The van der Waals surface area contributed by atoms with Gasteiger partial charge in [-0.3, -0.25) is 4.79 Å². The summed E-state index contributed by atoms with van der Waals surface area (Å²) < 4.78 is 4.95. The summed E-state index contributed by atoms with van der Waals surface area (Å²) in [6.07, 6.45) is 4.27. The van der Waals surface area contributed by atoms with Crippen molar-refractivity contribution in [2.24, 2.45) is 5.41 Å². The number of ether oxygens (including phenoxy) is 1. The van der Waals surface area contributed by atoms with E-state index in [9.17, 15) is 10.1 Å². The van der Waals surface area contributed by atoms with Crippen LogP contribution < -0.4 is 5.32 Å². The third kappa shape index (κ3) is 3.43. The van der Waals surface area contributed by atoms with Crippen LogP contribution in [0.1, 0.15) is 31.2 Å². The highest BCUT2D eigenvalue weighted by atomic mass is 16.5. The van der Waals surface area contributed by atoms with Gasteiger partial charge in [-0.2, -0.15) is 5.26 Å². The molecule has 0 unspecified atom stereocenters. The second-order valence-corrected chi connectivity index (χ2v) is 5.61. The van der Waals surface area contributed by atoms with E-state index >= 15 is 0 Å². The molecule has 0 heterocycles. The molecule has 1 N–H and O–H groups in total. The Morgan fingerprint density at radius 2 is 2.05 bits per heavy atom. The standard InChI is InChI=1S/C17H22N2O2/c1-21-16(20)17(10-5-6-11-17)15(13-18)19-12-9-14-7-3-2-4-8-14/h2-4,7-8,15,19H,5-6,9-12H2,1H3/t15-/m1/s1. The van der Waals surface area contributed by atoms with Gasteiger partial charge in [0.15, 0.2) is 0 Å². The molecular weight excluding hydrogens is 264 g/mol. The van der Waals surface area contributed by atoms with E-state index in [1.807, 2.05) is 18.2 Å². The van der Waals surface area contributed by atoms with Crippen molar-refractivity contribution in [3.05, 3.63) is 35.9 Å². The second kappa shape index (κ2) is 7.24. The molecule has 0 saturated heterocycles. The van der Waals surface area contributed by atoms with Crippen molar-refractivity contribution in [1.82, 2.24) is 5.32 Å². The summed E-state index contributed by atoms with van der Waals surface area (Å²) in [5, 5.41) is 12.7. The quantitative estimate of drug-likeness (QED) is 0.816. The van der Waals surface area contributed by atoms with Crippen LogP contribution in [-0.2, 0) is 16.0 Å². The summed E-state index contributed by atoms with van der Waals surface area (Å²) in [6, 6.07) is 11.9.